The van der Waals surface area contributed by atoms with E-state index in [1.807, 2.05) is 0 Å². The van der Waals surface area contributed by atoms with E-state index in [1.165, 1.54) is 90.1 Å². The Morgan fingerprint density at radius 2 is 1.09 bits per heavy atom. The summed E-state index contributed by atoms with van der Waals surface area (Å²) >= 11 is 0. The quantitative estimate of drug-likeness (QED) is 0.382. The normalized spacial score (nSPS) is 22.8. The molecule has 3 aliphatic carbocycles. The van der Waals surface area contributed by atoms with Crippen LogP contribution < -0.4 is 10.6 Å². The van der Waals surface area contributed by atoms with Crippen molar-refractivity contribution >= 4 is 11.9 Å². The average molecular weight is 451 g/mol. The number of hydrogen-bond donors (Lipinski definition) is 4. The van der Waals surface area contributed by atoms with Crippen molar-refractivity contribution in [3.8, 4) is 0 Å². The molecule has 32 heavy (non-hydrogen) atoms. The van der Waals surface area contributed by atoms with E-state index in [2.05, 4.69) is 22.8 Å². The zero-order valence-electron chi connectivity index (χ0n) is 20.3. The zero-order valence-corrected chi connectivity index (χ0v) is 20.3. The molecule has 1 fully saturated rings. The summed E-state index contributed by atoms with van der Waals surface area (Å²) < 4.78 is 0. The Morgan fingerprint density at radius 3 is 1.38 bits per heavy atom. The lowest BCUT2D eigenvalue weighted by Crippen LogP contribution is -2.32. The molecule has 0 atom stereocenters. The van der Waals surface area contributed by atoms with Gasteiger partial charge in [0.2, 0.25) is 0 Å². The number of hydrogen-bond acceptors (Lipinski definition) is 4. The number of aliphatic carboxylic acids is 2. The molecule has 184 valence electrons. The molecule has 0 heterocycles. The SMILES string of the molecule is C1=C(CNCC2CCC(CNCC3=CCCCC3)CC2)CCCC1.CC(=O)O.CC(=O)O. The highest BCUT2D eigenvalue weighted by molar-refractivity contribution is 5.63. The first-order valence-electron chi connectivity index (χ1n) is 12.5. The number of carboxylic acid groups (broad SMARTS) is 2. The van der Waals surface area contributed by atoms with Gasteiger partial charge in [0.15, 0.2) is 0 Å². The van der Waals surface area contributed by atoms with E-state index in [-0.39, 0.29) is 0 Å². The standard InChI is InChI=1S/C22H38N2.2C2H4O2/c1-3-7-19(8-4-1)15-23-17-21-11-13-22(14-12-21)18-24-16-20-9-5-2-6-10-20;2*1-2(3)4/h7,9,21-24H,1-6,8,10-18H2;2*1H3,(H,3,4). The molecule has 0 saturated heterocycles. The Balaban J connectivity index is 0.000000554. The highest BCUT2D eigenvalue weighted by Crippen LogP contribution is 2.28. The molecule has 3 aliphatic rings. The van der Waals surface area contributed by atoms with Gasteiger partial charge in [0.25, 0.3) is 11.9 Å². The van der Waals surface area contributed by atoms with Gasteiger partial charge in [-0.15, -0.1) is 0 Å². The van der Waals surface area contributed by atoms with Crippen molar-refractivity contribution in [2.75, 3.05) is 26.2 Å². The maximum Gasteiger partial charge on any atom is 0.300 e. The minimum absolute atomic E-state index is 0.833. The molecule has 0 bridgehead atoms. The predicted molar refractivity (Wildman–Crippen MR) is 131 cm³/mol. The van der Waals surface area contributed by atoms with E-state index >= 15 is 0 Å². The van der Waals surface area contributed by atoms with Crippen LogP contribution in [0.25, 0.3) is 0 Å². The van der Waals surface area contributed by atoms with E-state index in [1.54, 1.807) is 11.1 Å². The number of nitrogens with one attached hydrogen (secondary N) is 2. The molecular weight excluding hydrogens is 404 g/mol. The first-order valence-corrected chi connectivity index (χ1v) is 12.5. The van der Waals surface area contributed by atoms with Crippen LogP contribution in [0, 0.1) is 11.8 Å². The van der Waals surface area contributed by atoms with Crippen LogP contribution >= 0.6 is 0 Å². The maximum absolute atomic E-state index is 9.00. The van der Waals surface area contributed by atoms with E-state index < -0.39 is 11.9 Å². The third-order valence-electron chi connectivity index (χ3n) is 6.31. The predicted octanol–water partition coefficient (Wildman–Crippen LogP) is 5.15. The molecule has 0 unspecified atom stereocenters. The van der Waals surface area contributed by atoms with Gasteiger partial charge in [-0.2, -0.15) is 0 Å². The van der Waals surface area contributed by atoms with Crippen molar-refractivity contribution in [1.29, 1.82) is 0 Å². The first-order chi connectivity index (χ1) is 15.4. The lowest BCUT2D eigenvalue weighted by Gasteiger charge is -2.29. The molecule has 0 aliphatic heterocycles. The Morgan fingerprint density at radius 1 is 0.750 bits per heavy atom. The highest BCUT2D eigenvalue weighted by Gasteiger charge is 2.20. The number of allylic oxidation sites excluding steroid dienone is 2. The molecular formula is C26H46N2O4. The number of rotatable bonds is 8. The molecule has 0 amide bonds. The molecule has 0 radical (unpaired) electrons. The molecule has 6 heteroatoms. The van der Waals surface area contributed by atoms with Gasteiger partial charge < -0.3 is 20.8 Å². The third kappa shape index (κ3) is 16.0. The van der Waals surface area contributed by atoms with Crippen LogP contribution in [0.4, 0.5) is 0 Å². The van der Waals surface area contributed by atoms with Crippen LogP contribution in [-0.4, -0.2) is 48.3 Å². The zero-order chi connectivity index (χ0) is 23.6. The molecule has 0 aromatic heterocycles. The van der Waals surface area contributed by atoms with Crippen molar-refractivity contribution in [3.05, 3.63) is 23.3 Å². The molecule has 0 aromatic carbocycles. The van der Waals surface area contributed by atoms with Crippen LogP contribution in [0.3, 0.4) is 0 Å². The Bertz CT molecular complexity index is 533. The summed E-state index contributed by atoms with van der Waals surface area (Å²) in [4.78, 5) is 18.0. The van der Waals surface area contributed by atoms with Crippen LogP contribution in [0.15, 0.2) is 23.3 Å². The molecule has 1 saturated carbocycles. The second kappa shape index (κ2) is 17.8. The summed E-state index contributed by atoms with van der Waals surface area (Å²) in [5, 5.41) is 22.3. The summed E-state index contributed by atoms with van der Waals surface area (Å²) in [5.74, 6) is 0.179. The largest absolute Gasteiger partial charge is 0.481 e. The smallest absolute Gasteiger partial charge is 0.300 e. The summed E-state index contributed by atoms with van der Waals surface area (Å²) in [5.41, 5.74) is 3.33. The van der Waals surface area contributed by atoms with E-state index in [4.69, 9.17) is 19.8 Å². The third-order valence-corrected chi connectivity index (χ3v) is 6.31. The van der Waals surface area contributed by atoms with Gasteiger partial charge in [-0.3, -0.25) is 9.59 Å². The van der Waals surface area contributed by atoms with Crippen molar-refractivity contribution in [2.45, 2.75) is 90.9 Å². The lowest BCUT2D eigenvalue weighted by molar-refractivity contribution is -0.135. The van der Waals surface area contributed by atoms with Gasteiger partial charge >= 0.3 is 0 Å². The second-order valence-electron chi connectivity index (χ2n) is 9.40. The van der Waals surface area contributed by atoms with Crippen LogP contribution in [0.5, 0.6) is 0 Å². The molecule has 4 N–H and O–H groups in total. The minimum Gasteiger partial charge on any atom is -0.481 e. The Hall–Kier alpha value is -1.66. The van der Waals surface area contributed by atoms with Gasteiger partial charge in [-0.1, -0.05) is 23.3 Å². The monoisotopic (exact) mass is 450 g/mol. The van der Waals surface area contributed by atoms with Gasteiger partial charge in [0, 0.05) is 26.9 Å². The van der Waals surface area contributed by atoms with Gasteiger partial charge in [0.1, 0.15) is 0 Å². The van der Waals surface area contributed by atoms with Gasteiger partial charge in [0.05, 0.1) is 0 Å². The van der Waals surface area contributed by atoms with E-state index in [0.29, 0.717) is 0 Å². The van der Waals surface area contributed by atoms with Crippen LogP contribution in [-0.2, 0) is 9.59 Å². The lowest BCUT2D eigenvalue weighted by atomic mass is 9.82. The van der Waals surface area contributed by atoms with E-state index in [9.17, 15) is 0 Å². The fourth-order valence-corrected chi connectivity index (χ4v) is 4.64. The Labute approximate surface area is 194 Å². The summed E-state index contributed by atoms with van der Waals surface area (Å²) in [6, 6.07) is 0. The maximum atomic E-state index is 9.00. The van der Waals surface area contributed by atoms with Gasteiger partial charge in [-0.05, 0) is 102 Å². The highest BCUT2D eigenvalue weighted by atomic mass is 16.4. The molecule has 6 nitrogen and oxygen atoms in total. The average Bonchev–Trinajstić information content (AvgIpc) is 2.76. The second-order valence-corrected chi connectivity index (χ2v) is 9.40. The topological polar surface area (TPSA) is 98.7 Å². The summed E-state index contributed by atoms with van der Waals surface area (Å²) in [6.45, 7) is 6.95. The van der Waals surface area contributed by atoms with Crippen LogP contribution in [0.1, 0.15) is 90.9 Å². The Kier molecular flexibility index (Phi) is 15.8. The van der Waals surface area contributed by atoms with Crippen molar-refractivity contribution in [2.24, 2.45) is 11.8 Å². The first kappa shape index (κ1) is 28.4. The number of carbonyl (C=O) groups is 2. The summed E-state index contributed by atoms with van der Waals surface area (Å²) in [6.07, 6.45) is 21.6. The minimum atomic E-state index is -0.833. The molecule has 0 spiro atoms. The van der Waals surface area contributed by atoms with E-state index in [0.717, 1.165) is 38.8 Å². The fourth-order valence-electron chi connectivity index (χ4n) is 4.64. The number of carboxylic acids is 2. The fraction of sp³-hybridized carbons (Fsp3) is 0.769. The van der Waals surface area contributed by atoms with Crippen LogP contribution in [0.2, 0.25) is 0 Å². The summed E-state index contributed by atoms with van der Waals surface area (Å²) in [7, 11) is 0. The molecule has 3 rings (SSSR count). The van der Waals surface area contributed by atoms with Crippen molar-refractivity contribution < 1.29 is 19.8 Å². The van der Waals surface area contributed by atoms with Crippen molar-refractivity contribution in [1.82, 2.24) is 10.6 Å². The molecule has 0 aromatic rings. The van der Waals surface area contributed by atoms with Crippen molar-refractivity contribution in [3.63, 3.8) is 0 Å². The van der Waals surface area contributed by atoms with Gasteiger partial charge in [-0.25, -0.2) is 0 Å².